The van der Waals surface area contributed by atoms with Crippen molar-refractivity contribution >= 4 is 28.9 Å². The second-order valence-electron chi connectivity index (χ2n) is 8.06. The van der Waals surface area contributed by atoms with Crippen molar-refractivity contribution in [2.75, 3.05) is 0 Å². The van der Waals surface area contributed by atoms with E-state index in [2.05, 4.69) is 0 Å². The number of hydrogen-bond acceptors (Lipinski definition) is 2. The molecular formula is C21H31ClO2S. The van der Waals surface area contributed by atoms with Gasteiger partial charge in [-0.05, 0) is 68.4 Å². The molecule has 2 aliphatic carbocycles. The minimum absolute atomic E-state index is 0.356. The van der Waals surface area contributed by atoms with E-state index < -0.39 is 5.97 Å². The first-order valence-electron chi connectivity index (χ1n) is 10.1. The van der Waals surface area contributed by atoms with Crippen LogP contribution in [0.1, 0.15) is 85.2 Å². The maximum Gasteiger partial charge on any atom is 0.345 e. The highest BCUT2D eigenvalue weighted by atomic mass is 35.5. The molecule has 3 atom stereocenters. The Hall–Kier alpha value is -0.540. The molecule has 0 aromatic carbocycles. The predicted molar refractivity (Wildman–Crippen MR) is 106 cm³/mol. The molecule has 3 rings (SSSR count). The minimum atomic E-state index is -0.810. The summed E-state index contributed by atoms with van der Waals surface area (Å²) >= 11 is 8.07. The summed E-state index contributed by atoms with van der Waals surface area (Å²) in [6, 6.07) is 3.71. The Morgan fingerprint density at radius 3 is 2.60 bits per heavy atom. The number of rotatable bonds is 8. The van der Waals surface area contributed by atoms with Crippen molar-refractivity contribution in [3.63, 3.8) is 0 Å². The third-order valence-electron chi connectivity index (χ3n) is 6.39. The third kappa shape index (κ3) is 5.47. The van der Waals surface area contributed by atoms with Crippen LogP contribution in [0.15, 0.2) is 12.1 Å². The molecule has 0 saturated heterocycles. The van der Waals surface area contributed by atoms with Crippen molar-refractivity contribution in [2.24, 2.45) is 17.8 Å². The zero-order valence-corrected chi connectivity index (χ0v) is 16.7. The van der Waals surface area contributed by atoms with E-state index in [0.29, 0.717) is 16.2 Å². The zero-order chi connectivity index (χ0) is 17.6. The summed E-state index contributed by atoms with van der Waals surface area (Å²) in [6.45, 7) is 0. The lowest BCUT2D eigenvalue weighted by Gasteiger charge is -2.26. The lowest BCUT2D eigenvalue weighted by atomic mass is 9.81. The molecule has 1 N–H and O–H groups in total. The van der Waals surface area contributed by atoms with Gasteiger partial charge in [-0.25, -0.2) is 4.79 Å². The van der Waals surface area contributed by atoms with Crippen LogP contribution in [0.2, 0.25) is 0 Å². The molecule has 0 bridgehead atoms. The van der Waals surface area contributed by atoms with E-state index in [1.165, 1.54) is 80.4 Å². The quantitative estimate of drug-likeness (QED) is 0.504. The Kier molecular flexibility index (Phi) is 7.24. The van der Waals surface area contributed by atoms with Gasteiger partial charge in [-0.15, -0.1) is 22.9 Å². The number of carbonyl (C=O) groups is 1. The van der Waals surface area contributed by atoms with E-state index in [4.69, 9.17) is 16.7 Å². The molecule has 2 nitrogen and oxygen atoms in total. The van der Waals surface area contributed by atoms with Crippen LogP contribution in [0.5, 0.6) is 0 Å². The van der Waals surface area contributed by atoms with Crippen molar-refractivity contribution in [3.8, 4) is 0 Å². The van der Waals surface area contributed by atoms with E-state index in [1.54, 1.807) is 6.07 Å². The number of carboxylic acid groups (broad SMARTS) is 1. The van der Waals surface area contributed by atoms with Crippen LogP contribution in [-0.4, -0.2) is 16.5 Å². The van der Waals surface area contributed by atoms with Gasteiger partial charge in [0.1, 0.15) is 4.88 Å². The van der Waals surface area contributed by atoms with Gasteiger partial charge in [0, 0.05) is 10.3 Å². The maximum atomic E-state index is 11.0. The van der Waals surface area contributed by atoms with Crippen LogP contribution in [0.4, 0.5) is 0 Å². The van der Waals surface area contributed by atoms with Gasteiger partial charge in [-0.2, -0.15) is 0 Å². The van der Waals surface area contributed by atoms with Crippen molar-refractivity contribution in [1.29, 1.82) is 0 Å². The average Bonchev–Trinajstić information content (AvgIpc) is 3.22. The molecule has 140 valence electrons. The van der Waals surface area contributed by atoms with E-state index in [1.807, 2.05) is 6.07 Å². The summed E-state index contributed by atoms with van der Waals surface area (Å²) in [5, 5.41) is 9.38. The molecule has 1 heterocycles. The highest BCUT2D eigenvalue weighted by molar-refractivity contribution is 7.13. The zero-order valence-electron chi connectivity index (χ0n) is 15.1. The molecule has 2 fully saturated rings. The van der Waals surface area contributed by atoms with Gasteiger partial charge in [0.15, 0.2) is 0 Å². The summed E-state index contributed by atoms with van der Waals surface area (Å²) in [7, 11) is 0. The Balaban J connectivity index is 1.43. The van der Waals surface area contributed by atoms with Crippen molar-refractivity contribution in [3.05, 3.63) is 21.9 Å². The monoisotopic (exact) mass is 382 g/mol. The van der Waals surface area contributed by atoms with Gasteiger partial charge < -0.3 is 5.11 Å². The second-order valence-corrected chi connectivity index (χ2v) is 9.79. The second kappa shape index (κ2) is 9.41. The maximum absolute atomic E-state index is 11.0. The fourth-order valence-corrected chi connectivity index (χ4v) is 6.28. The first kappa shape index (κ1) is 19.2. The summed E-state index contributed by atoms with van der Waals surface area (Å²) in [5.74, 6) is 1.66. The van der Waals surface area contributed by atoms with E-state index in [0.717, 1.165) is 24.7 Å². The van der Waals surface area contributed by atoms with Gasteiger partial charge in [0.05, 0.1) is 0 Å². The van der Waals surface area contributed by atoms with Gasteiger partial charge >= 0.3 is 5.97 Å². The molecule has 0 radical (unpaired) electrons. The molecular weight excluding hydrogens is 352 g/mol. The van der Waals surface area contributed by atoms with Crippen LogP contribution < -0.4 is 0 Å². The lowest BCUT2D eigenvalue weighted by molar-refractivity contribution is 0.0702. The number of thiophene rings is 1. The molecule has 2 aliphatic rings. The van der Waals surface area contributed by atoms with Crippen molar-refractivity contribution in [1.82, 2.24) is 0 Å². The Bertz CT molecular complexity index is 550. The molecule has 3 unspecified atom stereocenters. The van der Waals surface area contributed by atoms with Crippen molar-refractivity contribution in [2.45, 2.75) is 82.4 Å². The molecule has 2 saturated carbocycles. The van der Waals surface area contributed by atoms with Gasteiger partial charge in [-0.1, -0.05) is 38.5 Å². The number of halogens is 1. The van der Waals surface area contributed by atoms with Crippen LogP contribution in [0.25, 0.3) is 0 Å². The van der Waals surface area contributed by atoms with Gasteiger partial charge in [-0.3, -0.25) is 0 Å². The first-order valence-corrected chi connectivity index (χ1v) is 11.3. The molecule has 1 aromatic heterocycles. The molecule has 0 spiro atoms. The van der Waals surface area contributed by atoms with Crippen LogP contribution >= 0.6 is 22.9 Å². The highest BCUT2D eigenvalue weighted by Gasteiger charge is 2.34. The molecule has 0 amide bonds. The summed E-state index contributed by atoms with van der Waals surface area (Å²) in [6.07, 6.45) is 15.8. The SMILES string of the molecule is O=C(O)c1ccc(CCCC2C(Cl)CCC2CCC2CCCCC2)s1. The van der Waals surface area contributed by atoms with Gasteiger partial charge in [0.2, 0.25) is 0 Å². The Morgan fingerprint density at radius 1 is 1.08 bits per heavy atom. The molecule has 25 heavy (non-hydrogen) atoms. The largest absolute Gasteiger partial charge is 0.477 e. The fraction of sp³-hybridized carbons (Fsp3) is 0.762. The number of aromatic carboxylic acids is 1. The number of carboxylic acids is 1. The topological polar surface area (TPSA) is 37.3 Å². The smallest absolute Gasteiger partial charge is 0.345 e. The van der Waals surface area contributed by atoms with Crippen LogP contribution in [-0.2, 0) is 6.42 Å². The van der Waals surface area contributed by atoms with E-state index >= 15 is 0 Å². The summed E-state index contributed by atoms with van der Waals surface area (Å²) in [4.78, 5) is 12.6. The number of hydrogen-bond donors (Lipinski definition) is 1. The van der Waals surface area contributed by atoms with Crippen molar-refractivity contribution < 1.29 is 9.90 Å². The summed E-state index contributed by atoms with van der Waals surface area (Å²) < 4.78 is 0. The highest BCUT2D eigenvalue weighted by Crippen LogP contribution is 2.42. The number of alkyl halides is 1. The number of aryl methyl sites for hydroxylation is 1. The third-order valence-corrected chi connectivity index (χ3v) is 8.06. The van der Waals surface area contributed by atoms with E-state index in [-0.39, 0.29) is 0 Å². The normalized spacial score (nSPS) is 27.6. The van der Waals surface area contributed by atoms with Crippen LogP contribution in [0.3, 0.4) is 0 Å². The average molecular weight is 383 g/mol. The molecule has 0 aliphatic heterocycles. The minimum Gasteiger partial charge on any atom is -0.477 e. The van der Waals surface area contributed by atoms with E-state index in [9.17, 15) is 4.79 Å². The Morgan fingerprint density at radius 2 is 1.88 bits per heavy atom. The summed E-state index contributed by atoms with van der Waals surface area (Å²) in [5.41, 5.74) is 0. The standard InChI is InChI=1S/C21H31ClO2S/c22-19-13-11-16(10-9-15-5-2-1-3-6-15)18(19)8-4-7-17-12-14-20(25-17)21(23)24/h12,14-16,18-19H,1-11,13H2,(H,23,24). The molecule has 4 heteroatoms. The molecule has 1 aromatic rings. The van der Waals surface area contributed by atoms with Crippen LogP contribution in [0, 0.1) is 17.8 Å². The first-order chi connectivity index (χ1) is 12.1. The Labute approximate surface area is 161 Å². The predicted octanol–water partition coefficient (Wildman–Crippen LogP) is 6.76. The van der Waals surface area contributed by atoms with Gasteiger partial charge in [0.25, 0.3) is 0 Å². The fourth-order valence-electron chi connectivity index (χ4n) is 4.94. The lowest BCUT2D eigenvalue weighted by Crippen LogP contribution is -2.17.